The third-order valence-corrected chi connectivity index (χ3v) is 9.13. The predicted octanol–water partition coefficient (Wildman–Crippen LogP) is 7.56. The van der Waals surface area contributed by atoms with Crippen LogP contribution in [0.25, 0.3) is 11.1 Å². The molecule has 4 aromatic rings. The van der Waals surface area contributed by atoms with Gasteiger partial charge in [0.15, 0.2) is 0 Å². The number of ether oxygens (including phenoxy) is 1. The molecule has 0 spiro atoms. The number of carbonyl (C=O) groups excluding carboxylic acids is 2. The van der Waals surface area contributed by atoms with E-state index < -0.39 is 34.1 Å². The maximum atomic E-state index is 14.1. The van der Waals surface area contributed by atoms with E-state index in [2.05, 4.69) is 0 Å². The molecule has 232 valence electrons. The number of rotatable bonds is 8. The summed E-state index contributed by atoms with van der Waals surface area (Å²) in [5, 5.41) is 8.94. The van der Waals surface area contributed by atoms with E-state index in [1.54, 1.807) is 49.9 Å². The average molecular weight is 643 g/mol. The van der Waals surface area contributed by atoms with E-state index in [9.17, 15) is 19.5 Å². The van der Waals surface area contributed by atoms with Gasteiger partial charge in [0.05, 0.1) is 23.5 Å². The third kappa shape index (κ3) is 7.76. The largest absolute Gasteiger partial charge is 0.481 e. The molecule has 1 heterocycles. The number of benzene rings is 4. The Hall–Kier alpha value is -4.11. The summed E-state index contributed by atoms with van der Waals surface area (Å²) in [6.45, 7) is 5.58. The Labute approximate surface area is 272 Å². The number of hydrogen-bond donors (Lipinski definition) is 2. The minimum Gasteiger partial charge on any atom is -0.481 e. The summed E-state index contributed by atoms with van der Waals surface area (Å²) in [7, 11) is 0. The highest BCUT2D eigenvalue weighted by atomic mass is 35.5. The first-order chi connectivity index (χ1) is 21.4. The van der Waals surface area contributed by atoms with Crippen molar-refractivity contribution in [2.45, 2.75) is 55.9 Å². The van der Waals surface area contributed by atoms with Gasteiger partial charge in [0.25, 0.3) is 0 Å². The molecule has 0 bridgehead atoms. The zero-order valence-corrected chi connectivity index (χ0v) is 26.8. The summed E-state index contributed by atoms with van der Waals surface area (Å²) in [6.07, 6.45) is -0.359. The van der Waals surface area contributed by atoms with Crippen LogP contribution in [0.15, 0.2) is 97.1 Å². The van der Waals surface area contributed by atoms with Crippen LogP contribution in [-0.4, -0.2) is 33.8 Å². The molecule has 0 radical (unpaired) electrons. The summed E-state index contributed by atoms with van der Waals surface area (Å²) in [6, 6.07) is 29.6. The molecule has 3 unspecified atom stereocenters. The van der Waals surface area contributed by atoms with Crippen LogP contribution in [0.4, 0.5) is 5.69 Å². The minimum absolute atomic E-state index is 0.246. The molecule has 7 nitrogen and oxygen atoms in total. The first-order valence-electron chi connectivity index (χ1n) is 14.6. The minimum atomic E-state index is -1.07. The van der Waals surface area contributed by atoms with Gasteiger partial charge in [0.2, 0.25) is 5.91 Å². The van der Waals surface area contributed by atoms with Crippen LogP contribution in [0.5, 0.6) is 0 Å². The highest BCUT2D eigenvalue weighted by Gasteiger charge is 2.38. The molecule has 0 saturated heterocycles. The van der Waals surface area contributed by atoms with Crippen molar-refractivity contribution >= 4 is 46.9 Å². The molecule has 4 aromatic carbocycles. The first kappa shape index (κ1) is 32.3. The molecule has 45 heavy (non-hydrogen) atoms. The van der Waals surface area contributed by atoms with Gasteiger partial charge in [-0.05, 0) is 72.4 Å². The summed E-state index contributed by atoms with van der Waals surface area (Å²) < 4.78 is 5.51. The number of anilines is 1. The van der Waals surface area contributed by atoms with E-state index in [-0.39, 0.29) is 18.9 Å². The fraction of sp³-hybridized carbons (Fsp3) is 0.250. The van der Waals surface area contributed by atoms with Crippen molar-refractivity contribution < 1.29 is 24.2 Å². The van der Waals surface area contributed by atoms with E-state index >= 15 is 0 Å². The van der Waals surface area contributed by atoms with Gasteiger partial charge < -0.3 is 20.5 Å². The number of nitrogens with zero attached hydrogens (tertiary/aromatic N) is 1. The van der Waals surface area contributed by atoms with E-state index in [0.29, 0.717) is 16.3 Å². The average Bonchev–Trinajstić information content (AvgIpc) is 3.11. The maximum Gasteiger partial charge on any atom is 0.328 e. The van der Waals surface area contributed by atoms with E-state index in [1.807, 2.05) is 72.8 Å². The summed E-state index contributed by atoms with van der Waals surface area (Å²) in [5.74, 6) is -1.93. The van der Waals surface area contributed by atoms with Crippen LogP contribution in [0.3, 0.4) is 0 Å². The van der Waals surface area contributed by atoms with Crippen LogP contribution in [-0.2, 0) is 25.7 Å². The second-order valence-electron chi connectivity index (χ2n) is 12.0. The molecule has 5 rings (SSSR count). The number of carbonyl (C=O) groups is 3. The topological polar surface area (TPSA) is 110 Å². The molecule has 1 amide bonds. The van der Waals surface area contributed by atoms with Crippen LogP contribution < -0.4 is 10.6 Å². The smallest absolute Gasteiger partial charge is 0.328 e. The molecule has 3 atom stereocenters. The van der Waals surface area contributed by atoms with Crippen LogP contribution in [0.2, 0.25) is 5.02 Å². The highest BCUT2D eigenvalue weighted by Crippen LogP contribution is 2.48. The zero-order valence-electron chi connectivity index (χ0n) is 25.3. The second-order valence-corrected chi connectivity index (χ2v) is 13.7. The van der Waals surface area contributed by atoms with Gasteiger partial charge in [-0.15, -0.1) is 11.8 Å². The Morgan fingerprint density at radius 2 is 1.64 bits per heavy atom. The standard InChI is InChI=1S/C36H35ClN2O5S/c1-36(2,3)44-35(43)32(38)25-10-7-11-26(18-25)33-28-19-27(37)16-17-29(28)39(34(42)30(45-33)20-31(40)41)21-22-12-14-24(15-13-22)23-8-5-4-6-9-23/h4-19,30,32-33H,20-21,38H2,1-3H3,(H,40,41). The van der Waals surface area contributed by atoms with E-state index in [1.165, 1.54) is 11.8 Å². The lowest BCUT2D eigenvalue weighted by molar-refractivity contribution is -0.156. The maximum absolute atomic E-state index is 14.1. The van der Waals surface area contributed by atoms with Crippen molar-refractivity contribution in [2.24, 2.45) is 5.73 Å². The van der Waals surface area contributed by atoms with Gasteiger partial charge in [0.1, 0.15) is 11.6 Å². The van der Waals surface area contributed by atoms with Crippen LogP contribution in [0.1, 0.15) is 60.7 Å². The van der Waals surface area contributed by atoms with Crippen molar-refractivity contribution in [3.8, 4) is 11.1 Å². The molecule has 1 aliphatic heterocycles. The summed E-state index contributed by atoms with van der Waals surface area (Å²) >= 11 is 7.78. The van der Waals surface area contributed by atoms with Gasteiger partial charge >= 0.3 is 11.9 Å². The molecule has 3 N–H and O–H groups in total. The van der Waals surface area contributed by atoms with Gasteiger partial charge in [0, 0.05) is 10.7 Å². The highest BCUT2D eigenvalue weighted by molar-refractivity contribution is 8.01. The number of hydrogen-bond acceptors (Lipinski definition) is 6. The van der Waals surface area contributed by atoms with Crippen molar-refractivity contribution in [3.63, 3.8) is 0 Å². The Morgan fingerprint density at radius 3 is 2.31 bits per heavy atom. The lowest BCUT2D eigenvalue weighted by atomic mass is 9.97. The Morgan fingerprint density at radius 1 is 0.956 bits per heavy atom. The fourth-order valence-corrected chi connectivity index (χ4v) is 6.95. The number of carboxylic acid groups (broad SMARTS) is 1. The molecular weight excluding hydrogens is 608 g/mol. The monoisotopic (exact) mass is 642 g/mol. The van der Waals surface area contributed by atoms with Crippen molar-refractivity contribution in [1.29, 1.82) is 0 Å². The van der Waals surface area contributed by atoms with Gasteiger partial charge in [-0.3, -0.25) is 9.59 Å². The number of aliphatic carboxylic acids is 1. The fourth-order valence-electron chi connectivity index (χ4n) is 5.32. The van der Waals surface area contributed by atoms with Crippen molar-refractivity contribution in [3.05, 3.63) is 124 Å². The van der Waals surface area contributed by atoms with Gasteiger partial charge in [-0.1, -0.05) is 90.5 Å². The van der Waals surface area contributed by atoms with E-state index in [0.717, 1.165) is 27.8 Å². The quantitative estimate of drug-likeness (QED) is 0.191. The molecule has 0 saturated carbocycles. The lowest BCUT2D eigenvalue weighted by Crippen LogP contribution is -2.37. The molecule has 0 aliphatic carbocycles. The molecule has 0 aromatic heterocycles. The Bertz CT molecular complexity index is 1710. The lowest BCUT2D eigenvalue weighted by Gasteiger charge is -2.25. The molecule has 9 heteroatoms. The second kappa shape index (κ2) is 13.5. The van der Waals surface area contributed by atoms with E-state index in [4.69, 9.17) is 22.1 Å². The van der Waals surface area contributed by atoms with Crippen molar-refractivity contribution in [2.75, 3.05) is 4.90 Å². The van der Waals surface area contributed by atoms with Crippen molar-refractivity contribution in [1.82, 2.24) is 0 Å². The Kier molecular flexibility index (Phi) is 9.68. The normalized spacial score (nSPS) is 17.3. The predicted molar refractivity (Wildman–Crippen MR) is 179 cm³/mol. The molecule has 1 aliphatic rings. The number of amides is 1. The molecule has 0 fully saturated rings. The third-order valence-electron chi connectivity index (χ3n) is 7.40. The number of halogens is 1. The zero-order chi connectivity index (χ0) is 32.3. The SMILES string of the molecule is CC(C)(C)OC(=O)C(N)c1cccc(C2SC(CC(=O)O)C(=O)N(Cc3ccc(-c4ccccc4)cc3)c3ccc(Cl)cc32)c1. The van der Waals surface area contributed by atoms with Crippen LogP contribution >= 0.6 is 23.4 Å². The van der Waals surface area contributed by atoms with Gasteiger partial charge in [-0.2, -0.15) is 0 Å². The number of thioether (sulfide) groups is 1. The number of esters is 1. The summed E-state index contributed by atoms with van der Waals surface area (Å²) in [5.41, 5.74) is 11.4. The Balaban J connectivity index is 1.54. The van der Waals surface area contributed by atoms with Crippen LogP contribution in [0, 0.1) is 0 Å². The summed E-state index contributed by atoms with van der Waals surface area (Å²) in [4.78, 5) is 40.6. The number of fused-ring (bicyclic) bond motifs is 1. The van der Waals surface area contributed by atoms with Gasteiger partial charge in [-0.25, -0.2) is 4.79 Å². The first-order valence-corrected chi connectivity index (χ1v) is 15.9. The molecular formula is C36H35ClN2O5S. The number of carboxylic acids is 1. The number of nitrogens with two attached hydrogens (primary N) is 1.